The second kappa shape index (κ2) is 5.81. The second-order valence-electron chi connectivity index (χ2n) is 5.48. The van der Waals surface area contributed by atoms with E-state index >= 15 is 0 Å². The highest BCUT2D eigenvalue weighted by molar-refractivity contribution is 7.09. The fourth-order valence-electron chi connectivity index (χ4n) is 2.17. The Morgan fingerprint density at radius 2 is 2.10 bits per heavy atom. The Morgan fingerprint density at radius 3 is 2.81 bits per heavy atom. The average molecular weight is 301 g/mol. The lowest BCUT2D eigenvalue weighted by molar-refractivity contribution is 0.782. The van der Waals surface area contributed by atoms with Gasteiger partial charge in [0.05, 0.1) is 10.7 Å². The lowest BCUT2D eigenvalue weighted by Gasteiger charge is -2.11. The summed E-state index contributed by atoms with van der Waals surface area (Å²) in [5, 5.41) is 11.2. The lowest BCUT2D eigenvalue weighted by Crippen LogP contribution is -2.11. The molecule has 6 heteroatoms. The van der Waals surface area contributed by atoms with Crippen molar-refractivity contribution >= 4 is 22.7 Å². The number of hydrogen-bond donors (Lipinski definition) is 1. The van der Waals surface area contributed by atoms with Gasteiger partial charge in [0.1, 0.15) is 5.52 Å². The highest BCUT2D eigenvalue weighted by Gasteiger charge is 2.12. The van der Waals surface area contributed by atoms with Gasteiger partial charge in [-0.05, 0) is 12.0 Å². The zero-order chi connectivity index (χ0) is 14.8. The van der Waals surface area contributed by atoms with Crippen molar-refractivity contribution in [2.45, 2.75) is 32.6 Å². The van der Waals surface area contributed by atoms with E-state index < -0.39 is 0 Å². The van der Waals surface area contributed by atoms with Gasteiger partial charge in [-0.15, -0.1) is 11.3 Å². The van der Waals surface area contributed by atoms with Gasteiger partial charge in [0, 0.05) is 36.4 Å². The number of anilines is 1. The molecular weight excluding hydrogens is 282 g/mol. The van der Waals surface area contributed by atoms with Gasteiger partial charge in [0.25, 0.3) is 0 Å². The van der Waals surface area contributed by atoms with Gasteiger partial charge in [0.2, 0.25) is 0 Å². The molecule has 1 unspecified atom stereocenters. The van der Waals surface area contributed by atoms with Crippen molar-refractivity contribution < 1.29 is 0 Å². The highest BCUT2D eigenvalue weighted by Crippen LogP contribution is 2.22. The third kappa shape index (κ3) is 2.90. The number of fused-ring (bicyclic) bond motifs is 1. The van der Waals surface area contributed by atoms with Crippen LogP contribution < -0.4 is 5.32 Å². The van der Waals surface area contributed by atoms with Crippen molar-refractivity contribution in [2.75, 3.05) is 11.9 Å². The quantitative estimate of drug-likeness (QED) is 0.783. The van der Waals surface area contributed by atoms with Crippen molar-refractivity contribution in [3.05, 3.63) is 40.7 Å². The Morgan fingerprint density at radius 1 is 1.24 bits per heavy atom. The molecule has 110 valence electrons. The van der Waals surface area contributed by atoms with Crippen molar-refractivity contribution in [3.63, 3.8) is 0 Å². The Hall–Kier alpha value is -1.95. The van der Waals surface area contributed by atoms with Gasteiger partial charge in [-0.1, -0.05) is 20.8 Å². The number of rotatable bonds is 5. The molecule has 3 aromatic rings. The third-order valence-electron chi connectivity index (χ3n) is 3.45. The summed E-state index contributed by atoms with van der Waals surface area (Å²) in [6, 6.07) is 2.11. The molecule has 0 aliphatic heterocycles. The van der Waals surface area contributed by atoms with Crippen LogP contribution in [0.1, 0.15) is 43.3 Å². The minimum Gasteiger partial charge on any atom is -0.368 e. The Kier molecular flexibility index (Phi) is 3.88. The summed E-state index contributed by atoms with van der Waals surface area (Å²) in [5.41, 5.74) is 2.10. The largest absolute Gasteiger partial charge is 0.368 e. The average Bonchev–Trinajstić information content (AvgIpc) is 3.13. The van der Waals surface area contributed by atoms with Gasteiger partial charge < -0.3 is 5.32 Å². The van der Waals surface area contributed by atoms with Crippen molar-refractivity contribution in [1.82, 2.24) is 19.6 Å². The van der Waals surface area contributed by atoms with Crippen LogP contribution in [0.3, 0.4) is 0 Å². The van der Waals surface area contributed by atoms with Gasteiger partial charge in [-0.2, -0.15) is 5.10 Å². The number of thiazole rings is 1. The molecule has 0 amide bonds. The highest BCUT2D eigenvalue weighted by atomic mass is 32.1. The first-order valence-electron chi connectivity index (χ1n) is 7.12. The van der Waals surface area contributed by atoms with E-state index in [4.69, 9.17) is 0 Å². The topological polar surface area (TPSA) is 55.1 Å². The molecule has 0 spiro atoms. The predicted octanol–water partition coefficient (Wildman–Crippen LogP) is 3.52. The van der Waals surface area contributed by atoms with E-state index in [0.717, 1.165) is 28.6 Å². The minimum absolute atomic E-state index is 0.361. The first kappa shape index (κ1) is 14.0. The number of nitrogens with zero attached hydrogens (tertiary/aromatic N) is 4. The summed E-state index contributed by atoms with van der Waals surface area (Å²) in [6.45, 7) is 7.27. The standard InChI is InChI=1S/C15H19N5S/c1-10(2)12-8-13-14(16-4-6-20(13)19-12)18-9-11(3)15-17-5-7-21-15/h4-8,10-11H,9H2,1-3H3,(H,16,18). The van der Waals surface area contributed by atoms with Crippen LogP contribution >= 0.6 is 11.3 Å². The van der Waals surface area contributed by atoms with Gasteiger partial charge >= 0.3 is 0 Å². The fourth-order valence-corrected chi connectivity index (χ4v) is 2.87. The van der Waals surface area contributed by atoms with E-state index in [0.29, 0.717) is 11.8 Å². The van der Waals surface area contributed by atoms with Crippen LogP contribution in [-0.4, -0.2) is 26.1 Å². The summed E-state index contributed by atoms with van der Waals surface area (Å²) >= 11 is 1.69. The minimum atomic E-state index is 0.361. The summed E-state index contributed by atoms with van der Waals surface area (Å²) < 4.78 is 1.89. The molecule has 21 heavy (non-hydrogen) atoms. The van der Waals surface area contributed by atoms with Gasteiger partial charge in [-0.25, -0.2) is 14.5 Å². The van der Waals surface area contributed by atoms with Crippen LogP contribution in [0.15, 0.2) is 30.0 Å². The molecular formula is C15H19N5S. The van der Waals surface area contributed by atoms with Crippen LogP contribution in [0.2, 0.25) is 0 Å². The maximum Gasteiger partial charge on any atom is 0.152 e. The van der Waals surface area contributed by atoms with Crippen LogP contribution in [0.25, 0.3) is 5.52 Å². The van der Waals surface area contributed by atoms with Gasteiger partial charge in [-0.3, -0.25) is 0 Å². The zero-order valence-electron chi connectivity index (χ0n) is 12.4. The van der Waals surface area contributed by atoms with E-state index in [1.54, 1.807) is 17.5 Å². The fraction of sp³-hybridized carbons (Fsp3) is 0.400. The zero-order valence-corrected chi connectivity index (χ0v) is 13.3. The SMILES string of the molecule is CC(C)c1cc2c(NCC(C)c3nccs3)nccn2n1. The van der Waals surface area contributed by atoms with Crippen molar-refractivity contribution in [3.8, 4) is 0 Å². The number of hydrogen-bond acceptors (Lipinski definition) is 5. The second-order valence-corrected chi connectivity index (χ2v) is 6.41. The van der Waals surface area contributed by atoms with E-state index in [1.165, 1.54) is 0 Å². The molecule has 0 radical (unpaired) electrons. The van der Waals surface area contributed by atoms with E-state index in [1.807, 2.05) is 22.3 Å². The molecule has 1 N–H and O–H groups in total. The van der Waals surface area contributed by atoms with Gasteiger partial charge in [0.15, 0.2) is 5.82 Å². The normalized spacial score (nSPS) is 13.0. The molecule has 0 saturated carbocycles. The summed E-state index contributed by atoms with van der Waals surface area (Å²) in [5.74, 6) is 1.65. The van der Waals surface area contributed by atoms with E-state index in [-0.39, 0.29) is 0 Å². The van der Waals surface area contributed by atoms with E-state index in [2.05, 4.69) is 47.2 Å². The third-order valence-corrected chi connectivity index (χ3v) is 4.46. The molecule has 5 nitrogen and oxygen atoms in total. The van der Waals surface area contributed by atoms with Crippen LogP contribution in [0.5, 0.6) is 0 Å². The van der Waals surface area contributed by atoms with Crippen molar-refractivity contribution in [1.29, 1.82) is 0 Å². The lowest BCUT2D eigenvalue weighted by atomic mass is 10.1. The molecule has 3 heterocycles. The number of aromatic nitrogens is 4. The molecule has 0 fully saturated rings. The first-order valence-corrected chi connectivity index (χ1v) is 8.00. The number of nitrogens with one attached hydrogen (secondary N) is 1. The Bertz CT molecular complexity index is 717. The molecule has 3 rings (SSSR count). The molecule has 0 aliphatic rings. The molecule has 0 aliphatic carbocycles. The van der Waals surface area contributed by atoms with Crippen LogP contribution in [0, 0.1) is 0 Å². The maximum absolute atomic E-state index is 4.58. The molecule has 0 bridgehead atoms. The molecule has 3 aromatic heterocycles. The maximum atomic E-state index is 4.58. The molecule has 0 saturated heterocycles. The Balaban J connectivity index is 1.80. The van der Waals surface area contributed by atoms with Crippen LogP contribution in [-0.2, 0) is 0 Å². The summed E-state index contributed by atoms with van der Waals surface area (Å²) in [4.78, 5) is 8.80. The summed E-state index contributed by atoms with van der Waals surface area (Å²) in [7, 11) is 0. The van der Waals surface area contributed by atoms with E-state index in [9.17, 15) is 0 Å². The van der Waals surface area contributed by atoms with Crippen molar-refractivity contribution in [2.24, 2.45) is 0 Å². The first-order chi connectivity index (χ1) is 10.1. The summed E-state index contributed by atoms with van der Waals surface area (Å²) in [6.07, 6.45) is 5.51. The predicted molar refractivity (Wildman–Crippen MR) is 86.1 cm³/mol. The molecule has 0 aromatic carbocycles. The molecule has 1 atom stereocenters. The monoisotopic (exact) mass is 301 g/mol. The Labute approximate surface area is 128 Å². The van der Waals surface area contributed by atoms with Crippen LogP contribution in [0.4, 0.5) is 5.82 Å². The smallest absolute Gasteiger partial charge is 0.152 e.